The van der Waals surface area contributed by atoms with E-state index in [0.29, 0.717) is 12.1 Å². The van der Waals surface area contributed by atoms with E-state index in [0.717, 1.165) is 5.25 Å². The monoisotopic (exact) mass is 247 g/mol. The molecule has 3 rings (SSSR count). The van der Waals surface area contributed by atoms with Crippen molar-refractivity contribution in [1.29, 1.82) is 0 Å². The first kappa shape index (κ1) is 11.6. The molecule has 1 aromatic carbocycles. The van der Waals surface area contributed by atoms with Crippen molar-refractivity contribution >= 4 is 11.8 Å². The van der Waals surface area contributed by atoms with Gasteiger partial charge in [0.05, 0.1) is 0 Å². The smallest absolute Gasteiger partial charge is 0.0445 e. The fourth-order valence-electron chi connectivity index (χ4n) is 3.09. The second kappa shape index (κ2) is 5.03. The molecule has 17 heavy (non-hydrogen) atoms. The zero-order valence-electron chi connectivity index (χ0n) is 10.5. The van der Waals surface area contributed by atoms with Gasteiger partial charge in [-0.25, -0.2) is 0 Å². The molecule has 2 aliphatic rings. The van der Waals surface area contributed by atoms with Gasteiger partial charge in [0.15, 0.2) is 0 Å². The maximum absolute atomic E-state index is 3.86. The minimum Gasteiger partial charge on any atom is -0.306 e. The summed E-state index contributed by atoms with van der Waals surface area (Å²) in [7, 11) is 0. The SMILES string of the molecule is CC1CCSC2CCCc3ccccc3C2N1. The van der Waals surface area contributed by atoms with Gasteiger partial charge >= 0.3 is 0 Å². The van der Waals surface area contributed by atoms with Gasteiger partial charge in [-0.1, -0.05) is 24.3 Å². The van der Waals surface area contributed by atoms with Gasteiger partial charge in [0.25, 0.3) is 0 Å². The summed E-state index contributed by atoms with van der Waals surface area (Å²) >= 11 is 2.19. The maximum atomic E-state index is 3.86. The average Bonchev–Trinajstić information content (AvgIpc) is 2.61. The van der Waals surface area contributed by atoms with Gasteiger partial charge in [-0.2, -0.15) is 11.8 Å². The molecule has 0 aromatic heterocycles. The van der Waals surface area contributed by atoms with Crippen LogP contribution in [0.5, 0.6) is 0 Å². The number of hydrogen-bond donors (Lipinski definition) is 1. The lowest BCUT2D eigenvalue weighted by atomic mass is 9.98. The zero-order chi connectivity index (χ0) is 11.7. The molecule has 1 aromatic rings. The number of thioether (sulfide) groups is 1. The predicted octanol–water partition coefficient (Wildman–Crippen LogP) is 3.55. The van der Waals surface area contributed by atoms with E-state index in [4.69, 9.17) is 0 Å². The highest BCUT2D eigenvalue weighted by Gasteiger charge is 2.30. The van der Waals surface area contributed by atoms with Gasteiger partial charge in [0, 0.05) is 17.3 Å². The van der Waals surface area contributed by atoms with E-state index in [1.54, 1.807) is 11.1 Å². The van der Waals surface area contributed by atoms with Crippen molar-refractivity contribution in [3.63, 3.8) is 0 Å². The van der Waals surface area contributed by atoms with E-state index in [1.165, 1.54) is 31.4 Å². The van der Waals surface area contributed by atoms with Crippen molar-refractivity contribution in [1.82, 2.24) is 5.32 Å². The standard InChI is InChI=1S/C15H21NS/c1-11-9-10-17-14-8-4-6-12-5-2-3-7-13(12)15(14)16-11/h2-3,5,7,11,14-16H,4,6,8-10H2,1H3. The Morgan fingerprint density at radius 3 is 3.06 bits per heavy atom. The minimum absolute atomic E-state index is 0.580. The van der Waals surface area contributed by atoms with Crippen LogP contribution in [0.25, 0.3) is 0 Å². The number of nitrogens with one attached hydrogen (secondary N) is 1. The van der Waals surface area contributed by atoms with Crippen LogP contribution in [0.4, 0.5) is 0 Å². The second-order valence-electron chi connectivity index (χ2n) is 5.33. The highest BCUT2D eigenvalue weighted by molar-refractivity contribution is 7.99. The Kier molecular flexibility index (Phi) is 3.44. The molecule has 1 aliphatic carbocycles. The Balaban J connectivity index is 1.97. The molecule has 0 bridgehead atoms. The molecular formula is C15H21NS. The van der Waals surface area contributed by atoms with E-state index in [2.05, 4.69) is 48.3 Å². The predicted molar refractivity (Wildman–Crippen MR) is 75.6 cm³/mol. The summed E-state index contributed by atoms with van der Waals surface area (Å²) in [6, 6.07) is 10.3. The third kappa shape index (κ3) is 2.38. The van der Waals surface area contributed by atoms with E-state index in [9.17, 15) is 0 Å². The summed E-state index contributed by atoms with van der Waals surface area (Å²) in [6.07, 6.45) is 5.28. The van der Waals surface area contributed by atoms with Crippen molar-refractivity contribution in [3.05, 3.63) is 35.4 Å². The molecule has 1 N–H and O–H groups in total. The van der Waals surface area contributed by atoms with Gasteiger partial charge in [-0.3, -0.25) is 0 Å². The first-order valence-electron chi connectivity index (χ1n) is 6.80. The molecule has 1 saturated heterocycles. The largest absolute Gasteiger partial charge is 0.306 e. The Hall–Kier alpha value is -0.470. The number of hydrogen-bond acceptors (Lipinski definition) is 2. The average molecular weight is 247 g/mol. The Morgan fingerprint density at radius 1 is 1.24 bits per heavy atom. The molecule has 1 fully saturated rings. The lowest BCUT2D eigenvalue weighted by Gasteiger charge is -2.26. The Labute approximate surface area is 108 Å². The molecule has 92 valence electrons. The van der Waals surface area contributed by atoms with Gasteiger partial charge in [0.2, 0.25) is 0 Å². The topological polar surface area (TPSA) is 12.0 Å². The molecule has 1 nitrogen and oxygen atoms in total. The van der Waals surface area contributed by atoms with E-state index >= 15 is 0 Å². The summed E-state index contributed by atoms with van der Waals surface area (Å²) in [5.74, 6) is 1.32. The highest BCUT2D eigenvalue weighted by Crippen LogP contribution is 2.38. The van der Waals surface area contributed by atoms with Crippen molar-refractivity contribution in [3.8, 4) is 0 Å². The van der Waals surface area contributed by atoms with Gasteiger partial charge in [0.1, 0.15) is 0 Å². The fourth-order valence-corrected chi connectivity index (χ4v) is 4.63. The van der Waals surface area contributed by atoms with Crippen LogP contribution >= 0.6 is 11.8 Å². The summed E-state index contributed by atoms with van der Waals surface area (Å²) < 4.78 is 0. The van der Waals surface area contributed by atoms with Crippen molar-refractivity contribution in [2.75, 3.05) is 5.75 Å². The van der Waals surface area contributed by atoms with E-state index in [1.807, 2.05) is 0 Å². The molecule has 1 heterocycles. The van der Waals surface area contributed by atoms with Crippen LogP contribution in [0.15, 0.2) is 24.3 Å². The lowest BCUT2D eigenvalue weighted by molar-refractivity contribution is 0.442. The lowest BCUT2D eigenvalue weighted by Crippen LogP contribution is -2.34. The highest BCUT2D eigenvalue weighted by atomic mass is 32.2. The zero-order valence-corrected chi connectivity index (χ0v) is 11.3. The van der Waals surface area contributed by atoms with Crippen LogP contribution in [0.3, 0.4) is 0 Å². The Bertz CT molecular complexity index is 388. The van der Waals surface area contributed by atoms with Crippen LogP contribution in [0.1, 0.15) is 43.4 Å². The molecule has 3 unspecified atom stereocenters. The number of rotatable bonds is 0. The molecule has 2 heteroatoms. The van der Waals surface area contributed by atoms with Crippen LogP contribution in [0.2, 0.25) is 0 Å². The van der Waals surface area contributed by atoms with E-state index in [-0.39, 0.29) is 0 Å². The van der Waals surface area contributed by atoms with Gasteiger partial charge in [-0.05, 0) is 49.5 Å². The fraction of sp³-hybridized carbons (Fsp3) is 0.600. The minimum atomic E-state index is 0.580. The number of benzene rings is 1. The van der Waals surface area contributed by atoms with Crippen LogP contribution in [-0.4, -0.2) is 17.0 Å². The summed E-state index contributed by atoms with van der Waals surface area (Å²) in [5, 5.41) is 4.64. The number of fused-ring (bicyclic) bond motifs is 3. The summed E-state index contributed by atoms with van der Waals surface area (Å²) in [6.45, 7) is 2.33. The van der Waals surface area contributed by atoms with Crippen molar-refractivity contribution < 1.29 is 0 Å². The Morgan fingerprint density at radius 2 is 2.12 bits per heavy atom. The van der Waals surface area contributed by atoms with Crippen LogP contribution in [-0.2, 0) is 6.42 Å². The van der Waals surface area contributed by atoms with E-state index < -0.39 is 0 Å². The third-order valence-corrected chi connectivity index (χ3v) is 5.45. The molecule has 0 saturated carbocycles. The first-order valence-corrected chi connectivity index (χ1v) is 7.85. The summed E-state index contributed by atoms with van der Waals surface area (Å²) in [5.41, 5.74) is 3.14. The molecule has 3 atom stereocenters. The normalized spacial score (nSPS) is 33.1. The number of aryl methyl sites for hydroxylation is 1. The third-order valence-electron chi connectivity index (χ3n) is 4.04. The first-order chi connectivity index (χ1) is 8.34. The van der Waals surface area contributed by atoms with Crippen LogP contribution < -0.4 is 5.32 Å². The molecular weight excluding hydrogens is 226 g/mol. The van der Waals surface area contributed by atoms with Gasteiger partial charge < -0.3 is 5.32 Å². The van der Waals surface area contributed by atoms with Gasteiger partial charge in [-0.15, -0.1) is 0 Å². The molecule has 1 aliphatic heterocycles. The van der Waals surface area contributed by atoms with Crippen LogP contribution in [0, 0.1) is 0 Å². The molecule has 0 amide bonds. The van der Waals surface area contributed by atoms with Crippen molar-refractivity contribution in [2.24, 2.45) is 0 Å². The van der Waals surface area contributed by atoms with Crippen molar-refractivity contribution in [2.45, 2.75) is 49.9 Å². The molecule has 0 spiro atoms. The molecule has 0 radical (unpaired) electrons. The maximum Gasteiger partial charge on any atom is 0.0445 e. The summed E-state index contributed by atoms with van der Waals surface area (Å²) in [4.78, 5) is 0. The quantitative estimate of drug-likeness (QED) is 0.752. The second-order valence-corrected chi connectivity index (χ2v) is 6.68.